The van der Waals surface area contributed by atoms with Crippen LogP contribution in [0.2, 0.25) is 0 Å². The zero-order chi connectivity index (χ0) is 22.6. The lowest BCUT2D eigenvalue weighted by Gasteiger charge is -2.24. The van der Waals surface area contributed by atoms with E-state index in [9.17, 15) is 8.42 Å². The average Bonchev–Trinajstić information content (AvgIpc) is 2.52. The van der Waals surface area contributed by atoms with Crippen LogP contribution in [-0.2, 0) is 19.5 Å². The van der Waals surface area contributed by atoms with Crippen LogP contribution in [0.3, 0.4) is 0 Å². The molecule has 0 spiro atoms. The predicted molar refractivity (Wildman–Crippen MR) is 123 cm³/mol. The monoisotopic (exact) mass is 492 g/mol. The first-order valence-electron chi connectivity index (χ1n) is 8.85. The molecular formula is C15H32N4O6S4. The lowest BCUT2D eigenvalue weighted by Crippen LogP contribution is -2.46. The minimum absolute atomic E-state index is 0.0430. The summed E-state index contributed by atoms with van der Waals surface area (Å²) >= 11 is 11.4. The molecule has 6 N–H and O–H groups in total. The van der Waals surface area contributed by atoms with Gasteiger partial charge in [-0.15, -0.1) is 4.33 Å². The highest BCUT2D eigenvalue weighted by Gasteiger charge is 2.24. The molecule has 0 fully saturated rings. The molecule has 0 heterocycles. The van der Waals surface area contributed by atoms with Crippen LogP contribution in [0.1, 0.15) is 40.5 Å². The molecule has 0 aliphatic carbocycles. The summed E-state index contributed by atoms with van der Waals surface area (Å²) in [6.07, 6.45) is 1.34. The highest BCUT2D eigenvalue weighted by Crippen LogP contribution is 2.25. The van der Waals surface area contributed by atoms with Crippen molar-refractivity contribution in [2.75, 3.05) is 31.3 Å². The largest absolute Gasteiger partial charge is 0.363 e. The van der Waals surface area contributed by atoms with Gasteiger partial charge in [-0.3, -0.25) is 4.55 Å². The third kappa shape index (κ3) is 18.0. The fourth-order valence-corrected chi connectivity index (χ4v) is 4.24. The van der Waals surface area contributed by atoms with Gasteiger partial charge in [0.15, 0.2) is 10.2 Å². The Bertz CT molecular complexity index is 616. The summed E-state index contributed by atoms with van der Waals surface area (Å²) in [5.74, 6) is 0.332. The van der Waals surface area contributed by atoms with E-state index in [2.05, 4.69) is 44.5 Å². The summed E-state index contributed by atoms with van der Waals surface area (Å²) in [5, 5.41) is 24.6. The molecule has 0 aromatic rings. The van der Waals surface area contributed by atoms with Crippen molar-refractivity contribution in [1.82, 2.24) is 21.3 Å². The summed E-state index contributed by atoms with van der Waals surface area (Å²) in [7, 11) is -4.01. The molecular weight excluding hydrogens is 460 g/mol. The molecule has 0 aromatic heterocycles. The fraction of sp³-hybridized carbons (Fsp3) is 0.867. The fourth-order valence-electron chi connectivity index (χ4n) is 2.20. The Morgan fingerprint density at radius 2 is 1.45 bits per heavy atom. The molecule has 172 valence electrons. The van der Waals surface area contributed by atoms with Gasteiger partial charge in [0, 0.05) is 30.9 Å². The van der Waals surface area contributed by atoms with Gasteiger partial charge >= 0.3 is 0 Å². The van der Waals surface area contributed by atoms with Crippen molar-refractivity contribution in [1.29, 1.82) is 0 Å². The van der Waals surface area contributed by atoms with Crippen LogP contribution >= 0.6 is 36.5 Å². The lowest BCUT2D eigenvalue weighted by molar-refractivity contribution is -0.432. The maximum absolute atomic E-state index is 11.0. The number of hydrogen-bond donors (Lipinski definition) is 6. The smallest absolute Gasteiger partial charge is 0.265 e. The second-order valence-electron chi connectivity index (χ2n) is 8.00. The third-order valence-electron chi connectivity index (χ3n) is 3.77. The Hall–Kier alpha value is -0.480. The Kier molecular flexibility index (Phi) is 13.5. The second kappa shape index (κ2) is 13.7. The highest BCUT2D eigenvalue weighted by atomic mass is 32.2. The van der Waals surface area contributed by atoms with Crippen molar-refractivity contribution in [3.63, 3.8) is 0 Å². The van der Waals surface area contributed by atoms with Gasteiger partial charge in [-0.25, -0.2) is 5.26 Å². The van der Waals surface area contributed by atoms with E-state index in [0.717, 1.165) is 18.5 Å². The normalized spacial score (nSPS) is 12.3. The SMILES string of the molecule is CC(C)(CCNC(=S)NCNC(=S)NCCC(C)(C)CS(=O)(=O)O)CSOOO. The molecule has 0 rings (SSSR count). The van der Waals surface area contributed by atoms with E-state index in [-0.39, 0.29) is 11.2 Å². The number of thiocarbonyl (C=S) groups is 2. The van der Waals surface area contributed by atoms with Crippen LogP contribution < -0.4 is 21.3 Å². The van der Waals surface area contributed by atoms with Crippen molar-refractivity contribution >= 4 is 56.8 Å². The summed E-state index contributed by atoms with van der Waals surface area (Å²) in [6, 6.07) is 0. The first kappa shape index (κ1) is 28.5. The van der Waals surface area contributed by atoms with Gasteiger partial charge in [-0.05, 0) is 48.1 Å². The van der Waals surface area contributed by atoms with Crippen molar-refractivity contribution in [3.05, 3.63) is 0 Å². The first-order chi connectivity index (χ1) is 13.3. The Labute approximate surface area is 188 Å². The van der Waals surface area contributed by atoms with Crippen molar-refractivity contribution < 1.29 is 27.6 Å². The minimum atomic E-state index is -4.01. The summed E-state index contributed by atoms with van der Waals surface area (Å²) in [6.45, 7) is 9.09. The van der Waals surface area contributed by atoms with Crippen LogP contribution in [0.4, 0.5) is 0 Å². The topological polar surface area (TPSA) is 141 Å². The number of hydrogen-bond acceptors (Lipinski definition) is 8. The first-order valence-corrected chi connectivity index (χ1v) is 12.2. The minimum Gasteiger partial charge on any atom is -0.363 e. The summed E-state index contributed by atoms with van der Waals surface area (Å²) in [5.41, 5.74) is -0.609. The number of nitrogens with one attached hydrogen (secondary N) is 4. The maximum Gasteiger partial charge on any atom is 0.265 e. The van der Waals surface area contributed by atoms with E-state index in [1.165, 1.54) is 0 Å². The predicted octanol–water partition coefficient (Wildman–Crippen LogP) is 1.66. The molecule has 0 atom stereocenters. The van der Waals surface area contributed by atoms with Gasteiger partial charge in [-0.1, -0.05) is 32.7 Å². The highest BCUT2D eigenvalue weighted by molar-refractivity contribution is 7.94. The van der Waals surface area contributed by atoms with Crippen LogP contribution in [0.5, 0.6) is 0 Å². The molecule has 29 heavy (non-hydrogen) atoms. The lowest BCUT2D eigenvalue weighted by atomic mass is 9.92. The van der Waals surface area contributed by atoms with E-state index >= 15 is 0 Å². The Morgan fingerprint density at radius 1 is 0.966 bits per heavy atom. The Morgan fingerprint density at radius 3 is 1.90 bits per heavy atom. The van der Waals surface area contributed by atoms with Gasteiger partial charge in [-0.2, -0.15) is 8.42 Å². The van der Waals surface area contributed by atoms with E-state index < -0.39 is 15.5 Å². The molecule has 0 saturated carbocycles. The molecule has 0 bridgehead atoms. The second-order valence-corrected chi connectivity index (χ2v) is 10.9. The van der Waals surface area contributed by atoms with E-state index in [1.807, 2.05) is 0 Å². The van der Waals surface area contributed by atoms with Gasteiger partial charge in [0.05, 0.1) is 12.4 Å². The van der Waals surface area contributed by atoms with Crippen LogP contribution in [0.25, 0.3) is 0 Å². The van der Waals surface area contributed by atoms with Gasteiger partial charge in [0.2, 0.25) is 0 Å². The van der Waals surface area contributed by atoms with Crippen LogP contribution in [0, 0.1) is 10.8 Å². The standard InChI is InChI=1S/C15H32N4O6S4/c1-14(2,9-28-25-24-20)5-7-16-12(26)18-11-19-13(27)17-8-6-15(3,4)10-29(21,22)23/h20H,5-11H2,1-4H3,(H2,16,18,26)(H2,17,19,27)(H,21,22,23). The molecule has 14 heteroatoms. The van der Waals surface area contributed by atoms with E-state index in [4.69, 9.17) is 34.2 Å². The third-order valence-corrected chi connectivity index (χ3v) is 6.55. The average molecular weight is 493 g/mol. The zero-order valence-corrected chi connectivity index (χ0v) is 20.4. The van der Waals surface area contributed by atoms with Gasteiger partial charge in [0.1, 0.15) is 0 Å². The molecule has 10 nitrogen and oxygen atoms in total. The zero-order valence-electron chi connectivity index (χ0n) is 17.1. The van der Waals surface area contributed by atoms with Crippen molar-refractivity contribution in [3.8, 4) is 0 Å². The van der Waals surface area contributed by atoms with Gasteiger partial charge < -0.3 is 21.3 Å². The maximum atomic E-state index is 11.0. The molecule has 0 aliphatic rings. The number of rotatable bonds is 14. The molecule has 0 aliphatic heterocycles. The van der Waals surface area contributed by atoms with E-state index in [0.29, 0.717) is 42.2 Å². The Balaban J connectivity index is 3.89. The van der Waals surface area contributed by atoms with Crippen LogP contribution in [0.15, 0.2) is 0 Å². The quantitative estimate of drug-likeness (QED) is 0.0398. The molecule has 0 radical (unpaired) electrons. The van der Waals surface area contributed by atoms with E-state index in [1.54, 1.807) is 13.8 Å². The summed E-state index contributed by atoms with van der Waals surface area (Å²) in [4.78, 5) is 0. The summed E-state index contributed by atoms with van der Waals surface area (Å²) < 4.78 is 35.3. The molecule has 0 amide bonds. The van der Waals surface area contributed by atoms with Crippen molar-refractivity contribution in [2.45, 2.75) is 40.5 Å². The van der Waals surface area contributed by atoms with Gasteiger partial charge in [0.25, 0.3) is 10.1 Å². The molecule has 0 aromatic carbocycles. The molecule has 0 saturated heterocycles. The van der Waals surface area contributed by atoms with Crippen molar-refractivity contribution in [2.24, 2.45) is 10.8 Å². The molecule has 0 unspecified atom stereocenters. The van der Waals surface area contributed by atoms with Crippen LogP contribution in [-0.4, -0.2) is 59.7 Å².